The number of methoxy groups -OCH3 is 2. The molecule has 0 fully saturated rings. The Labute approximate surface area is 205 Å². The molecule has 0 aliphatic carbocycles. The summed E-state index contributed by atoms with van der Waals surface area (Å²) in [5.41, 5.74) is 4.21. The van der Waals surface area contributed by atoms with Gasteiger partial charge in [-0.05, 0) is 29.8 Å². The van der Waals surface area contributed by atoms with Crippen molar-refractivity contribution >= 4 is 27.8 Å². The quantitative estimate of drug-likeness (QED) is 0.322. The fourth-order valence-corrected chi connectivity index (χ4v) is 4.02. The molecule has 0 aliphatic heterocycles. The number of hydrogen-bond donors (Lipinski definition) is 1. The normalized spacial score (nSPS) is 11.2. The fourth-order valence-electron chi connectivity index (χ4n) is 3.17. The van der Waals surface area contributed by atoms with Crippen LogP contribution in [0, 0.1) is 0 Å². The number of nitrogens with zero attached hydrogens (tertiary/aromatic N) is 2. The molecular weight excluding hydrogens is 470 g/mol. The second kappa shape index (κ2) is 11.9. The van der Waals surface area contributed by atoms with Gasteiger partial charge in [-0.25, -0.2) is 13.8 Å². The molecule has 184 valence electrons. The highest BCUT2D eigenvalue weighted by Crippen LogP contribution is 2.33. The van der Waals surface area contributed by atoms with Gasteiger partial charge < -0.3 is 14.2 Å². The maximum Gasteiger partial charge on any atom is 0.260 e. The van der Waals surface area contributed by atoms with Gasteiger partial charge in [0.1, 0.15) is 30.4 Å². The first-order valence-electron chi connectivity index (χ1n) is 10.6. The first kappa shape index (κ1) is 25.6. The maximum atomic E-state index is 12.6. The van der Waals surface area contributed by atoms with E-state index >= 15 is 0 Å². The van der Waals surface area contributed by atoms with Crippen molar-refractivity contribution in [1.82, 2.24) is 5.43 Å². The van der Waals surface area contributed by atoms with E-state index in [-0.39, 0.29) is 11.4 Å². The summed E-state index contributed by atoms with van der Waals surface area (Å²) in [7, 11) is -0.955. The number of hydrazone groups is 1. The van der Waals surface area contributed by atoms with Crippen molar-refractivity contribution in [2.75, 3.05) is 31.3 Å². The average Bonchev–Trinajstić information content (AvgIpc) is 2.86. The molecule has 0 saturated carbocycles. The van der Waals surface area contributed by atoms with E-state index in [2.05, 4.69) is 10.5 Å². The van der Waals surface area contributed by atoms with E-state index in [1.165, 1.54) is 26.5 Å². The molecule has 1 amide bonds. The molecule has 9 nitrogen and oxygen atoms in total. The van der Waals surface area contributed by atoms with E-state index in [4.69, 9.17) is 14.2 Å². The second-order valence-corrected chi connectivity index (χ2v) is 9.32. The summed E-state index contributed by atoms with van der Waals surface area (Å²) in [5, 5.41) is 3.98. The minimum absolute atomic E-state index is 0.174. The van der Waals surface area contributed by atoms with E-state index < -0.39 is 22.5 Å². The average molecular weight is 498 g/mol. The van der Waals surface area contributed by atoms with Crippen LogP contribution < -0.4 is 23.9 Å². The largest absolute Gasteiger partial charge is 0.497 e. The predicted molar refractivity (Wildman–Crippen MR) is 135 cm³/mol. The molecule has 3 aromatic carbocycles. The third-order valence-corrected chi connectivity index (χ3v) is 6.02. The Kier molecular flexibility index (Phi) is 8.69. The second-order valence-electron chi connectivity index (χ2n) is 7.41. The molecule has 0 spiro atoms. The third kappa shape index (κ3) is 7.21. The van der Waals surface area contributed by atoms with Crippen LogP contribution in [-0.4, -0.2) is 47.6 Å². The Balaban J connectivity index is 1.71. The van der Waals surface area contributed by atoms with Crippen LogP contribution in [0.2, 0.25) is 0 Å². The number of sulfonamides is 1. The first-order chi connectivity index (χ1) is 16.8. The van der Waals surface area contributed by atoms with E-state index in [0.717, 1.165) is 16.1 Å². The van der Waals surface area contributed by atoms with Crippen molar-refractivity contribution in [3.8, 4) is 17.2 Å². The van der Waals surface area contributed by atoms with Gasteiger partial charge >= 0.3 is 0 Å². The molecule has 0 saturated heterocycles. The topological polar surface area (TPSA) is 107 Å². The Morgan fingerprint density at radius 1 is 0.971 bits per heavy atom. The Morgan fingerprint density at radius 3 is 2.37 bits per heavy atom. The number of hydrogen-bond acceptors (Lipinski definition) is 7. The summed E-state index contributed by atoms with van der Waals surface area (Å²) < 4.78 is 42.2. The molecule has 35 heavy (non-hydrogen) atoms. The van der Waals surface area contributed by atoms with Gasteiger partial charge in [-0.2, -0.15) is 5.10 Å². The van der Waals surface area contributed by atoms with Crippen LogP contribution in [0.4, 0.5) is 5.69 Å². The summed E-state index contributed by atoms with van der Waals surface area (Å²) in [6, 6.07) is 21.6. The predicted octanol–water partition coefficient (Wildman–Crippen LogP) is 3.20. The zero-order valence-electron chi connectivity index (χ0n) is 19.7. The Morgan fingerprint density at radius 2 is 1.69 bits per heavy atom. The van der Waals surface area contributed by atoms with Crippen LogP contribution in [-0.2, 0) is 21.4 Å². The van der Waals surface area contributed by atoms with Crippen molar-refractivity contribution in [1.29, 1.82) is 0 Å². The molecular formula is C25H27N3O6S. The third-order valence-electron chi connectivity index (χ3n) is 4.89. The number of ether oxygens (including phenoxy) is 3. The molecule has 0 bridgehead atoms. The standard InChI is InChI=1S/C25H27N3O6S/c1-32-21-13-14-24(33-2)22(15-21)28(35(3,30)31)17-25(29)27-26-16-20-11-7-8-12-23(20)34-18-19-9-5-4-6-10-19/h4-16H,17-18H2,1-3H3,(H,27,29)/b26-16-. The maximum absolute atomic E-state index is 12.6. The molecule has 0 unspecified atom stereocenters. The summed E-state index contributed by atoms with van der Waals surface area (Å²) in [4.78, 5) is 12.6. The van der Waals surface area contributed by atoms with E-state index in [0.29, 0.717) is 23.7 Å². The summed E-state index contributed by atoms with van der Waals surface area (Å²) in [6.07, 6.45) is 2.44. The minimum Gasteiger partial charge on any atom is -0.497 e. The number of nitrogens with one attached hydrogen (secondary N) is 1. The zero-order valence-corrected chi connectivity index (χ0v) is 20.5. The van der Waals surface area contributed by atoms with Crippen LogP contribution >= 0.6 is 0 Å². The van der Waals surface area contributed by atoms with Crippen molar-refractivity contribution in [2.24, 2.45) is 5.10 Å². The Hall–Kier alpha value is -4.05. The van der Waals surface area contributed by atoms with Crippen molar-refractivity contribution in [3.05, 3.63) is 83.9 Å². The summed E-state index contributed by atoms with van der Waals surface area (Å²) in [5.74, 6) is 0.643. The molecule has 0 aliphatic rings. The van der Waals surface area contributed by atoms with Gasteiger partial charge in [-0.3, -0.25) is 9.10 Å². The van der Waals surface area contributed by atoms with Crippen LogP contribution in [0.3, 0.4) is 0 Å². The summed E-state index contributed by atoms with van der Waals surface area (Å²) >= 11 is 0. The van der Waals surface area contributed by atoms with Crippen molar-refractivity contribution in [3.63, 3.8) is 0 Å². The smallest absolute Gasteiger partial charge is 0.260 e. The lowest BCUT2D eigenvalue weighted by molar-refractivity contribution is -0.119. The Bertz CT molecular complexity index is 1280. The van der Waals surface area contributed by atoms with Crippen molar-refractivity contribution in [2.45, 2.75) is 6.61 Å². The van der Waals surface area contributed by atoms with Gasteiger partial charge in [0, 0.05) is 11.6 Å². The number of carbonyl (C=O) groups is 1. The monoisotopic (exact) mass is 497 g/mol. The number of benzene rings is 3. The molecule has 0 atom stereocenters. The van der Waals surface area contributed by atoms with Crippen LogP contribution in [0.15, 0.2) is 77.9 Å². The highest BCUT2D eigenvalue weighted by molar-refractivity contribution is 7.92. The minimum atomic E-state index is -3.82. The molecule has 3 aromatic rings. The fraction of sp³-hybridized carbons (Fsp3) is 0.200. The van der Waals surface area contributed by atoms with Gasteiger partial charge in [0.2, 0.25) is 10.0 Å². The molecule has 0 radical (unpaired) electrons. The van der Waals surface area contributed by atoms with Crippen LogP contribution in [0.25, 0.3) is 0 Å². The zero-order chi connectivity index (χ0) is 25.3. The number of anilines is 1. The molecule has 1 N–H and O–H groups in total. The molecule has 3 rings (SSSR count). The van der Waals surface area contributed by atoms with Gasteiger partial charge in [0.25, 0.3) is 5.91 Å². The number of para-hydroxylation sites is 1. The van der Waals surface area contributed by atoms with Crippen LogP contribution in [0.5, 0.6) is 17.2 Å². The highest BCUT2D eigenvalue weighted by Gasteiger charge is 2.24. The van der Waals surface area contributed by atoms with E-state index in [1.54, 1.807) is 24.3 Å². The molecule has 0 heterocycles. The van der Waals surface area contributed by atoms with Gasteiger partial charge in [0.15, 0.2) is 0 Å². The van der Waals surface area contributed by atoms with Gasteiger partial charge in [-0.1, -0.05) is 42.5 Å². The molecule has 10 heteroatoms. The lowest BCUT2D eigenvalue weighted by Crippen LogP contribution is -2.39. The van der Waals surface area contributed by atoms with E-state index in [1.807, 2.05) is 42.5 Å². The van der Waals surface area contributed by atoms with Gasteiger partial charge in [0.05, 0.1) is 32.4 Å². The highest BCUT2D eigenvalue weighted by atomic mass is 32.2. The van der Waals surface area contributed by atoms with Gasteiger partial charge in [-0.15, -0.1) is 0 Å². The number of amides is 1. The van der Waals surface area contributed by atoms with Crippen LogP contribution in [0.1, 0.15) is 11.1 Å². The number of carbonyl (C=O) groups excluding carboxylic acids is 1. The summed E-state index contributed by atoms with van der Waals surface area (Å²) in [6.45, 7) is -0.129. The first-order valence-corrected chi connectivity index (χ1v) is 12.4. The van der Waals surface area contributed by atoms with E-state index in [9.17, 15) is 13.2 Å². The SMILES string of the molecule is COc1ccc(OC)c(N(CC(=O)N/N=C\c2ccccc2OCc2ccccc2)S(C)(=O)=O)c1. The number of rotatable bonds is 11. The molecule has 0 aromatic heterocycles. The lowest BCUT2D eigenvalue weighted by Gasteiger charge is -2.23. The lowest BCUT2D eigenvalue weighted by atomic mass is 10.2. The van der Waals surface area contributed by atoms with Crippen molar-refractivity contribution < 1.29 is 27.4 Å².